The lowest BCUT2D eigenvalue weighted by molar-refractivity contribution is 0.187. The average molecular weight is 213 g/mol. The molecule has 1 aromatic rings. The van der Waals surface area contributed by atoms with Gasteiger partial charge in [-0.05, 0) is 12.5 Å². The molecule has 1 rings (SSSR count). The molecule has 3 nitrogen and oxygen atoms in total. The molecule has 0 aliphatic rings. The summed E-state index contributed by atoms with van der Waals surface area (Å²) in [6.07, 6.45) is 0.584. The normalized spacial score (nSPS) is 12.5. The van der Waals surface area contributed by atoms with Crippen molar-refractivity contribution < 1.29 is 13.9 Å². The van der Waals surface area contributed by atoms with Gasteiger partial charge in [-0.3, -0.25) is 0 Å². The fraction of sp³-hybridized carbons (Fsp3) is 0.455. The van der Waals surface area contributed by atoms with Crippen LogP contribution in [0.2, 0.25) is 0 Å². The highest BCUT2D eigenvalue weighted by atomic mass is 19.1. The number of rotatable bonds is 5. The van der Waals surface area contributed by atoms with Crippen LogP contribution in [0.5, 0.6) is 5.75 Å². The fourth-order valence-corrected chi connectivity index (χ4v) is 1.37. The van der Waals surface area contributed by atoms with Crippen LogP contribution in [-0.2, 0) is 4.74 Å². The Morgan fingerprint density at radius 3 is 2.73 bits per heavy atom. The summed E-state index contributed by atoms with van der Waals surface area (Å²) in [7, 11) is 3.03. The summed E-state index contributed by atoms with van der Waals surface area (Å²) in [6, 6.07) is 4.60. The van der Waals surface area contributed by atoms with Crippen LogP contribution < -0.4 is 10.5 Å². The Morgan fingerprint density at radius 1 is 1.40 bits per heavy atom. The lowest BCUT2D eigenvalue weighted by atomic mass is 10.0. The van der Waals surface area contributed by atoms with E-state index in [1.807, 2.05) is 0 Å². The van der Waals surface area contributed by atoms with Gasteiger partial charge in [0, 0.05) is 25.3 Å². The standard InChI is InChI=1S/C11H16FNO2/c1-14-7-6-9(13)8-4-3-5-10(15-2)11(8)12/h3-5,9H,6-7,13H2,1-2H3. The second kappa shape index (κ2) is 5.68. The number of nitrogens with two attached hydrogens (primary N) is 1. The Morgan fingerprint density at radius 2 is 2.13 bits per heavy atom. The second-order valence-corrected chi connectivity index (χ2v) is 3.25. The molecule has 0 aliphatic carbocycles. The largest absolute Gasteiger partial charge is 0.494 e. The SMILES string of the molecule is COCCC(N)c1cccc(OC)c1F. The number of hydrogen-bond donors (Lipinski definition) is 1. The summed E-state index contributed by atoms with van der Waals surface area (Å²) in [5.41, 5.74) is 6.29. The highest BCUT2D eigenvalue weighted by Crippen LogP contribution is 2.25. The van der Waals surface area contributed by atoms with Gasteiger partial charge in [-0.1, -0.05) is 12.1 Å². The average Bonchev–Trinajstić information content (AvgIpc) is 2.26. The maximum absolute atomic E-state index is 13.7. The molecule has 1 unspecified atom stereocenters. The molecule has 0 aliphatic heterocycles. The van der Waals surface area contributed by atoms with Gasteiger partial charge >= 0.3 is 0 Å². The number of methoxy groups -OCH3 is 2. The minimum absolute atomic E-state index is 0.223. The van der Waals surface area contributed by atoms with Crippen LogP contribution in [0, 0.1) is 5.82 Å². The van der Waals surface area contributed by atoms with E-state index >= 15 is 0 Å². The van der Waals surface area contributed by atoms with Crippen molar-refractivity contribution in [3.05, 3.63) is 29.6 Å². The summed E-state index contributed by atoms with van der Waals surface area (Å²) < 4.78 is 23.5. The molecule has 4 heteroatoms. The van der Waals surface area contributed by atoms with E-state index in [2.05, 4.69) is 0 Å². The molecule has 0 heterocycles. The van der Waals surface area contributed by atoms with Crippen molar-refractivity contribution in [1.29, 1.82) is 0 Å². The van der Waals surface area contributed by atoms with E-state index in [-0.39, 0.29) is 17.6 Å². The van der Waals surface area contributed by atoms with Crippen LogP contribution in [0.1, 0.15) is 18.0 Å². The van der Waals surface area contributed by atoms with E-state index in [1.54, 1.807) is 25.3 Å². The number of ether oxygens (including phenoxy) is 2. The summed E-state index contributed by atoms with van der Waals surface area (Å²) >= 11 is 0. The van der Waals surface area contributed by atoms with Gasteiger partial charge in [0.15, 0.2) is 11.6 Å². The Labute approximate surface area is 89.0 Å². The van der Waals surface area contributed by atoms with E-state index < -0.39 is 0 Å². The van der Waals surface area contributed by atoms with Crippen molar-refractivity contribution in [2.75, 3.05) is 20.8 Å². The Bertz CT molecular complexity index is 317. The zero-order chi connectivity index (χ0) is 11.3. The van der Waals surface area contributed by atoms with Gasteiger partial charge in [0.2, 0.25) is 0 Å². The third-order valence-electron chi connectivity index (χ3n) is 2.25. The Balaban J connectivity index is 2.83. The number of benzene rings is 1. The molecule has 1 aromatic carbocycles. The lowest BCUT2D eigenvalue weighted by Gasteiger charge is -2.13. The molecule has 0 radical (unpaired) electrons. The molecule has 84 valence electrons. The quantitative estimate of drug-likeness (QED) is 0.812. The van der Waals surface area contributed by atoms with Crippen molar-refractivity contribution in [3.63, 3.8) is 0 Å². The molecular weight excluding hydrogens is 197 g/mol. The molecule has 1 atom stereocenters. The minimum Gasteiger partial charge on any atom is -0.494 e. The van der Waals surface area contributed by atoms with Gasteiger partial charge in [-0.15, -0.1) is 0 Å². The maximum atomic E-state index is 13.7. The monoisotopic (exact) mass is 213 g/mol. The first-order valence-electron chi connectivity index (χ1n) is 4.77. The van der Waals surface area contributed by atoms with Gasteiger partial charge in [0.1, 0.15) is 0 Å². The van der Waals surface area contributed by atoms with Crippen molar-refractivity contribution in [1.82, 2.24) is 0 Å². The number of halogens is 1. The van der Waals surface area contributed by atoms with E-state index in [0.29, 0.717) is 18.6 Å². The van der Waals surface area contributed by atoms with Crippen LogP contribution in [-0.4, -0.2) is 20.8 Å². The van der Waals surface area contributed by atoms with Crippen LogP contribution in [0.15, 0.2) is 18.2 Å². The smallest absolute Gasteiger partial charge is 0.169 e. The third kappa shape index (κ3) is 2.91. The molecule has 0 aromatic heterocycles. The summed E-state index contributed by atoms with van der Waals surface area (Å²) in [4.78, 5) is 0. The molecule has 2 N–H and O–H groups in total. The molecule has 0 saturated heterocycles. The van der Waals surface area contributed by atoms with Crippen molar-refractivity contribution >= 4 is 0 Å². The zero-order valence-electron chi connectivity index (χ0n) is 9.00. The second-order valence-electron chi connectivity index (χ2n) is 3.25. The molecule has 0 spiro atoms. The summed E-state index contributed by atoms with van der Waals surface area (Å²) in [6.45, 7) is 0.512. The third-order valence-corrected chi connectivity index (χ3v) is 2.25. The molecular formula is C11H16FNO2. The minimum atomic E-state index is -0.386. The lowest BCUT2D eigenvalue weighted by Crippen LogP contribution is -2.14. The summed E-state index contributed by atoms with van der Waals surface area (Å²) in [5, 5.41) is 0. The van der Waals surface area contributed by atoms with E-state index in [9.17, 15) is 4.39 Å². The highest BCUT2D eigenvalue weighted by Gasteiger charge is 2.14. The van der Waals surface area contributed by atoms with Gasteiger partial charge < -0.3 is 15.2 Å². The highest BCUT2D eigenvalue weighted by molar-refractivity contribution is 5.32. The topological polar surface area (TPSA) is 44.5 Å². The van der Waals surface area contributed by atoms with Crippen molar-refractivity contribution in [2.24, 2.45) is 5.73 Å². The number of hydrogen-bond acceptors (Lipinski definition) is 3. The van der Waals surface area contributed by atoms with Gasteiger partial charge in [-0.2, -0.15) is 0 Å². The molecule has 0 bridgehead atoms. The Hall–Kier alpha value is -1.13. The van der Waals surface area contributed by atoms with Crippen molar-refractivity contribution in [2.45, 2.75) is 12.5 Å². The van der Waals surface area contributed by atoms with Crippen molar-refractivity contribution in [3.8, 4) is 5.75 Å². The van der Waals surface area contributed by atoms with Gasteiger partial charge in [-0.25, -0.2) is 4.39 Å². The van der Waals surface area contributed by atoms with E-state index in [1.165, 1.54) is 7.11 Å². The molecule has 15 heavy (non-hydrogen) atoms. The first-order valence-corrected chi connectivity index (χ1v) is 4.77. The van der Waals surface area contributed by atoms with E-state index in [4.69, 9.17) is 15.2 Å². The molecule has 0 fully saturated rings. The molecule has 0 saturated carbocycles. The first-order chi connectivity index (χ1) is 7.20. The van der Waals surface area contributed by atoms with Crippen LogP contribution >= 0.6 is 0 Å². The van der Waals surface area contributed by atoms with Crippen LogP contribution in [0.4, 0.5) is 4.39 Å². The van der Waals surface area contributed by atoms with Crippen LogP contribution in [0.25, 0.3) is 0 Å². The Kier molecular flexibility index (Phi) is 4.52. The first kappa shape index (κ1) is 11.9. The van der Waals surface area contributed by atoms with Gasteiger partial charge in [0.25, 0.3) is 0 Å². The van der Waals surface area contributed by atoms with E-state index in [0.717, 1.165) is 0 Å². The fourth-order valence-electron chi connectivity index (χ4n) is 1.37. The van der Waals surface area contributed by atoms with Crippen LogP contribution in [0.3, 0.4) is 0 Å². The maximum Gasteiger partial charge on any atom is 0.169 e. The zero-order valence-corrected chi connectivity index (χ0v) is 9.00. The predicted octanol–water partition coefficient (Wildman–Crippen LogP) is 1.87. The van der Waals surface area contributed by atoms with Gasteiger partial charge in [0.05, 0.1) is 7.11 Å². The summed E-state index contributed by atoms with van der Waals surface area (Å²) in [5.74, 6) is -0.163. The molecule has 0 amide bonds. The predicted molar refractivity (Wildman–Crippen MR) is 56.4 cm³/mol.